The second kappa shape index (κ2) is 5.50. The van der Waals surface area contributed by atoms with Crippen molar-refractivity contribution in [1.82, 2.24) is 0 Å². The minimum atomic E-state index is -1.35. The Morgan fingerprint density at radius 3 is 2.15 bits per heavy atom. The lowest BCUT2D eigenvalue weighted by molar-refractivity contribution is -0.264. The zero-order chi connectivity index (χ0) is 10.4. The Morgan fingerprint density at radius 2 is 1.77 bits per heavy atom. The van der Waals surface area contributed by atoms with Crippen molar-refractivity contribution < 1.29 is 29.6 Å². The van der Waals surface area contributed by atoms with Crippen molar-refractivity contribution in [3.05, 3.63) is 0 Å². The van der Waals surface area contributed by atoms with E-state index in [1.54, 1.807) is 0 Å². The van der Waals surface area contributed by atoms with Crippen LogP contribution < -0.4 is 0 Å². The van der Waals surface area contributed by atoms with Gasteiger partial charge in [-0.3, -0.25) is 0 Å². The molecule has 0 spiro atoms. The molecule has 6 nitrogen and oxygen atoms in total. The summed E-state index contributed by atoms with van der Waals surface area (Å²) in [5.41, 5.74) is 0. The second-order valence-corrected chi connectivity index (χ2v) is 2.59. The molecular weight excluding hydrogens is 180 g/mol. The molecule has 2 unspecified atom stereocenters. The van der Waals surface area contributed by atoms with Gasteiger partial charge in [-0.15, -0.1) is 0 Å². The van der Waals surface area contributed by atoms with Crippen molar-refractivity contribution in [2.24, 2.45) is 0 Å². The van der Waals surface area contributed by atoms with Gasteiger partial charge in [0.05, 0.1) is 12.5 Å². The van der Waals surface area contributed by atoms with Crippen molar-refractivity contribution in [3.63, 3.8) is 0 Å². The topological polar surface area (TPSA) is 93.1 Å². The van der Waals surface area contributed by atoms with Crippen LogP contribution in [0, 0.1) is 0 Å². The third kappa shape index (κ3) is 6.06. The number of aliphatic hydroxyl groups is 2. The minimum absolute atomic E-state index is 0.271. The molecule has 2 N–H and O–H groups in total. The lowest BCUT2D eigenvalue weighted by atomic mass is 10.3. The highest BCUT2D eigenvalue weighted by Gasteiger charge is 2.15. The fraction of sp³-hybridized carbons (Fsp3) is 0.714. The van der Waals surface area contributed by atoms with Crippen LogP contribution in [0.4, 0.5) is 0 Å². The third-order valence-corrected chi connectivity index (χ3v) is 1.02. The maximum absolute atomic E-state index is 10.6. The lowest BCUT2D eigenvalue weighted by Gasteiger charge is -2.05. The first kappa shape index (κ1) is 11.9. The van der Waals surface area contributed by atoms with Crippen LogP contribution in [0.2, 0.25) is 0 Å². The molecule has 0 heterocycles. The zero-order valence-corrected chi connectivity index (χ0v) is 7.39. The highest BCUT2D eigenvalue weighted by atomic mass is 17.2. The van der Waals surface area contributed by atoms with Gasteiger partial charge in [-0.25, -0.2) is 19.4 Å². The molecule has 0 saturated carbocycles. The van der Waals surface area contributed by atoms with Crippen molar-refractivity contribution in [1.29, 1.82) is 0 Å². The molecule has 0 aliphatic heterocycles. The van der Waals surface area contributed by atoms with Crippen LogP contribution in [0.15, 0.2) is 0 Å². The fourth-order valence-corrected chi connectivity index (χ4v) is 0.432. The molecule has 0 saturated heterocycles. The Labute approximate surface area is 75.0 Å². The summed E-state index contributed by atoms with van der Waals surface area (Å²) in [5.74, 6) is -1.93. The monoisotopic (exact) mass is 192 g/mol. The summed E-state index contributed by atoms with van der Waals surface area (Å²) in [6, 6.07) is 0. The first-order chi connectivity index (χ1) is 5.93. The van der Waals surface area contributed by atoms with Gasteiger partial charge >= 0.3 is 11.9 Å². The first-order valence-electron chi connectivity index (χ1n) is 3.70. The predicted octanol–water partition coefficient (Wildman–Crippen LogP) is -0.861. The predicted molar refractivity (Wildman–Crippen MR) is 40.2 cm³/mol. The Hall–Kier alpha value is -1.14. The molecule has 0 fully saturated rings. The number of hydrogen-bond donors (Lipinski definition) is 2. The number of hydrogen-bond acceptors (Lipinski definition) is 6. The molecule has 0 aliphatic rings. The number of aliphatic hydroxyl groups excluding tert-OH is 2. The fourth-order valence-electron chi connectivity index (χ4n) is 0.432. The number of carbonyl (C=O) groups excluding carboxylic acids is 2. The van der Waals surface area contributed by atoms with Gasteiger partial charge in [-0.1, -0.05) is 0 Å². The SMILES string of the molecule is CC(O)CC(=O)OOC(=O)C(C)O. The van der Waals surface area contributed by atoms with Crippen LogP contribution in [0.3, 0.4) is 0 Å². The molecule has 76 valence electrons. The largest absolute Gasteiger partial charge is 0.393 e. The number of rotatable bonds is 3. The van der Waals surface area contributed by atoms with Gasteiger partial charge in [0.25, 0.3) is 0 Å². The zero-order valence-electron chi connectivity index (χ0n) is 7.39. The summed E-state index contributed by atoms with van der Waals surface area (Å²) in [6.45, 7) is 2.56. The Kier molecular flexibility index (Phi) is 5.01. The van der Waals surface area contributed by atoms with Crippen molar-refractivity contribution in [3.8, 4) is 0 Å². The van der Waals surface area contributed by atoms with E-state index in [1.165, 1.54) is 13.8 Å². The van der Waals surface area contributed by atoms with Gasteiger partial charge in [-0.05, 0) is 13.8 Å². The van der Waals surface area contributed by atoms with Gasteiger partial charge in [0, 0.05) is 0 Å². The molecular formula is C7H12O6. The maximum atomic E-state index is 10.6. The van der Waals surface area contributed by atoms with E-state index in [9.17, 15) is 9.59 Å². The average Bonchev–Trinajstić information content (AvgIpc) is 1.98. The molecule has 13 heavy (non-hydrogen) atoms. The van der Waals surface area contributed by atoms with Crippen molar-refractivity contribution >= 4 is 11.9 Å². The highest BCUT2D eigenvalue weighted by molar-refractivity contribution is 5.75. The van der Waals surface area contributed by atoms with Crippen LogP contribution in [0.1, 0.15) is 20.3 Å². The summed E-state index contributed by atoms with van der Waals surface area (Å²) in [7, 11) is 0. The molecule has 0 radical (unpaired) electrons. The third-order valence-electron chi connectivity index (χ3n) is 1.02. The van der Waals surface area contributed by atoms with E-state index in [4.69, 9.17) is 10.2 Å². The van der Waals surface area contributed by atoms with E-state index < -0.39 is 24.1 Å². The normalized spacial score (nSPS) is 14.5. The second-order valence-electron chi connectivity index (χ2n) is 2.59. The molecule has 0 aliphatic carbocycles. The molecule has 0 amide bonds. The molecule has 0 aromatic heterocycles. The van der Waals surface area contributed by atoms with Crippen molar-refractivity contribution in [2.45, 2.75) is 32.5 Å². The van der Waals surface area contributed by atoms with Crippen LogP contribution in [0.5, 0.6) is 0 Å². The minimum Gasteiger partial charge on any atom is -0.393 e. The average molecular weight is 192 g/mol. The first-order valence-corrected chi connectivity index (χ1v) is 3.70. The van der Waals surface area contributed by atoms with Crippen LogP contribution in [-0.4, -0.2) is 34.4 Å². The standard InChI is InChI=1S/C7H12O6/c1-4(8)3-6(10)12-13-7(11)5(2)9/h4-5,8-9H,3H2,1-2H3. The molecule has 0 aromatic rings. The van der Waals surface area contributed by atoms with Gasteiger partial charge in [0.15, 0.2) is 6.10 Å². The molecule has 6 heteroatoms. The van der Waals surface area contributed by atoms with Crippen LogP contribution in [-0.2, 0) is 19.4 Å². The summed E-state index contributed by atoms with van der Waals surface area (Å²) in [4.78, 5) is 29.0. The summed E-state index contributed by atoms with van der Waals surface area (Å²) >= 11 is 0. The molecule has 2 atom stereocenters. The highest BCUT2D eigenvalue weighted by Crippen LogP contribution is 1.95. The van der Waals surface area contributed by atoms with Crippen LogP contribution >= 0.6 is 0 Å². The van der Waals surface area contributed by atoms with Gasteiger partial charge in [0.2, 0.25) is 0 Å². The van der Waals surface area contributed by atoms with E-state index in [2.05, 4.69) is 9.78 Å². The molecule has 0 rings (SSSR count). The van der Waals surface area contributed by atoms with E-state index >= 15 is 0 Å². The summed E-state index contributed by atoms with van der Waals surface area (Å²) in [5, 5.41) is 17.3. The van der Waals surface area contributed by atoms with Gasteiger partial charge in [0.1, 0.15) is 0 Å². The molecule has 0 aromatic carbocycles. The van der Waals surface area contributed by atoms with Gasteiger partial charge in [-0.2, -0.15) is 0 Å². The summed E-state index contributed by atoms with van der Waals surface area (Å²) < 4.78 is 0. The van der Waals surface area contributed by atoms with Gasteiger partial charge < -0.3 is 10.2 Å². The maximum Gasteiger partial charge on any atom is 0.383 e. The molecule has 0 bridgehead atoms. The van der Waals surface area contributed by atoms with Crippen LogP contribution in [0.25, 0.3) is 0 Å². The summed E-state index contributed by atoms with van der Waals surface area (Å²) in [6.07, 6.45) is -2.48. The quantitative estimate of drug-likeness (QED) is 0.446. The van der Waals surface area contributed by atoms with E-state index in [0.717, 1.165) is 0 Å². The van der Waals surface area contributed by atoms with Crippen molar-refractivity contribution in [2.75, 3.05) is 0 Å². The Morgan fingerprint density at radius 1 is 1.23 bits per heavy atom. The smallest absolute Gasteiger partial charge is 0.383 e. The van der Waals surface area contributed by atoms with E-state index in [0.29, 0.717) is 0 Å². The Balaban J connectivity index is 3.64. The van der Waals surface area contributed by atoms with E-state index in [1.807, 2.05) is 0 Å². The van der Waals surface area contributed by atoms with E-state index in [-0.39, 0.29) is 6.42 Å². The Bertz CT molecular complexity index is 185. The number of carbonyl (C=O) groups is 2. The lowest BCUT2D eigenvalue weighted by Crippen LogP contribution is -2.22.